The third-order valence-corrected chi connectivity index (χ3v) is 4.86. The van der Waals surface area contributed by atoms with Crippen molar-refractivity contribution in [2.45, 2.75) is 13.5 Å². The Morgan fingerprint density at radius 2 is 1.70 bits per heavy atom. The zero-order valence-electron chi connectivity index (χ0n) is 16.1. The first-order valence-corrected chi connectivity index (χ1v) is 9.25. The normalized spacial score (nSPS) is 15.0. The molecule has 3 amide bonds. The van der Waals surface area contributed by atoms with E-state index in [9.17, 15) is 19.7 Å². The largest absolute Gasteiger partial charge is 0.329 e. The molecule has 2 aromatic carbocycles. The maximum absolute atomic E-state index is 12.8. The number of hydrogen-bond donors (Lipinski definition) is 1. The number of aromatic nitrogens is 1. The lowest BCUT2D eigenvalue weighted by atomic mass is 10.2. The van der Waals surface area contributed by atoms with Gasteiger partial charge in [0.2, 0.25) is 0 Å². The molecular weight excluding hydrogens is 384 g/mol. The molecule has 1 aliphatic rings. The first-order valence-electron chi connectivity index (χ1n) is 9.25. The van der Waals surface area contributed by atoms with Gasteiger partial charge in [0.15, 0.2) is 0 Å². The minimum absolute atomic E-state index is 0.0265. The molecule has 2 heterocycles. The second-order valence-corrected chi connectivity index (χ2v) is 6.87. The molecule has 30 heavy (non-hydrogen) atoms. The molecule has 4 rings (SSSR count). The highest BCUT2D eigenvalue weighted by Crippen LogP contribution is 2.22. The highest BCUT2D eigenvalue weighted by Gasteiger charge is 2.33. The molecule has 1 N–H and O–H groups in total. The Morgan fingerprint density at radius 1 is 1.00 bits per heavy atom. The summed E-state index contributed by atoms with van der Waals surface area (Å²) < 4.78 is 1.99. The average molecular weight is 402 g/mol. The van der Waals surface area contributed by atoms with Crippen molar-refractivity contribution < 1.29 is 14.5 Å². The van der Waals surface area contributed by atoms with Gasteiger partial charge >= 0.3 is 6.03 Å². The summed E-state index contributed by atoms with van der Waals surface area (Å²) >= 11 is 0. The van der Waals surface area contributed by atoms with Gasteiger partial charge in [-0.3, -0.25) is 19.8 Å². The number of nitrogens with one attached hydrogen (secondary N) is 1. The number of carbonyl (C=O) groups is 2. The van der Waals surface area contributed by atoms with Gasteiger partial charge in [-0.05, 0) is 42.8 Å². The van der Waals surface area contributed by atoms with E-state index in [4.69, 9.17) is 0 Å². The highest BCUT2D eigenvalue weighted by molar-refractivity contribution is 6.13. The number of amides is 3. The highest BCUT2D eigenvalue weighted by atomic mass is 16.6. The fourth-order valence-electron chi connectivity index (χ4n) is 3.37. The Hall–Kier alpha value is -4.20. The van der Waals surface area contributed by atoms with E-state index in [0.717, 1.165) is 22.0 Å². The second kappa shape index (κ2) is 7.67. The topological polar surface area (TPSA) is 97.5 Å². The Labute approximate surface area is 172 Å². The number of rotatable bonds is 5. The van der Waals surface area contributed by atoms with E-state index in [2.05, 4.69) is 5.32 Å². The maximum Gasteiger partial charge on any atom is 0.329 e. The zero-order chi connectivity index (χ0) is 21.3. The standard InChI is InChI=1S/C22H18N4O4/c1-15-7-10-19(25(15)17-5-3-2-4-6-17)13-20-21(27)24(22(28)23-20)14-16-8-11-18(12-9-16)26(29)30/h2-13H,14H2,1H3,(H,23,28)/b20-13-. The predicted molar refractivity (Wildman–Crippen MR) is 111 cm³/mol. The van der Waals surface area contributed by atoms with Gasteiger partial charge in [0.1, 0.15) is 5.70 Å². The summed E-state index contributed by atoms with van der Waals surface area (Å²) in [6, 6.07) is 18.8. The number of para-hydroxylation sites is 1. The van der Waals surface area contributed by atoms with Crippen LogP contribution in [0.3, 0.4) is 0 Å². The lowest BCUT2D eigenvalue weighted by Crippen LogP contribution is -2.30. The van der Waals surface area contributed by atoms with Crippen LogP contribution in [-0.2, 0) is 11.3 Å². The molecule has 8 heteroatoms. The van der Waals surface area contributed by atoms with Gasteiger partial charge < -0.3 is 9.88 Å². The summed E-state index contributed by atoms with van der Waals surface area (Å²) in [5.74, 6) is -0.447. The van der Waals surface area contributed by atoms with Crippen LogP contribution >= 0.6 is 0 Å². The maximum atomic E-state index is 12.8. The van der Waals surface area contributed by atoms with Gasteiger partial charge in [-0.2, -0.15) is 0 Å². The van der Waals surface area contributed by atoms with Crippen molar-refractivity contribution in [2.24, 2.45) is 0 Å². The van der Waals surface area contributed by atoms with Crippen LogP contribution in [0.4, 0.5) is 10.5 Å². The van der Waals surface area contributed by atoms with Crippen LogP contribution in [0.1, 0.15) is 17.0 Å². The molecule has 0 radical (unpaired) electrons. The van der Waals surface area contributed by atoms with Crippen molar-refractivity contribution in [3.63, 3.8) is 0 Å². The molecule has 8 nitrogen and oxygen atoms in total. The molecule has 1 saturated heterocycles. The first kappa shape index (κ1) is 19.1. The molecule has 0 spiro atoms. The molecule has 1 fully saturated rings. The summed E-state index contributed by atoms with van der Waals surface area (Å²) in [5, 5.41) is 13.4. The Kier molecular flexibility index (Phi) is 4.89. The summed E-state index contributed by atoms with van der Waals surface area (Å²) in [7, 11) is 0. The van der Waals surface area contributed by atoms with Crippen LogP contribution < -0.4 is 5.32 Å². The van der Waals surface area contributed by atoms with Gasteiger partial charge in [0.05, 0.1) is 11.5 Å². The molecule has 1 aromatic heterocycles. The number of non-ortho nitro benzene ring substituents is 1. The van der Waals surface area contributed by atoms with Gasteiger partial charge in [-0.25, -0.2) is 4.79 Å². The van der Waals surface area contributed by atoms with Crippen LogP contribution in [0.5, 0.6) is 0 Å². The number of nitro groups is 1. The quantitative estimate of drug-likeness (QED) is 0.304. The molecule has 0 unspecified atom stereocenters. The van der Waals surface area contributed by atoms with E-state index >= 15 is 0 Å². The molecule has 0 bridgehead atoms. The van der Waals surface area contributed by atoms with Crippen molar-refractivity contribution in [1.82, 2.24) is 14.8 Å². The van der Waals surface area contributed by atoms with E-state index in [0.29, 0.717) is 5.56 Å². The molecule has 0 saturated carbocycles. The molecule has 0 aliphatic carbocycles. The zero-order valence-corrected chi connectivity index (χ0v) is 16.1. The second-order valence-electron chi connectivity index (χ2n) is 6.87. The van der Waals surface area contributed by atoms with Crippen molar-refractivity contribution in [3.05, 3.63) is 99.5 Å². The number of aryl methyl sites for hydroxylation is 1. The van der Waals surface area contributed by atoms with Gasteiger partial charge in [-0.1, -0.05) is 30.3 Å². The lowest BCUT2D eigenvalue weighted by Gasteiger charge is -2.11. The van der Waals surface area contributed by atoms with E-state index in [-0.39, 0.29) is 17.9 Å². The Morgan fingerprint density at radius 3 is 2.37 bits per heavy atom. The lowest BCUT2D eigenvalue weighted by molar-refractivity contribution is -0.384. The fraction of sp³-hybridized carbons (Fsp3) is 0.0909. The van der Waals surface area contributed by atoms with Crippen molar-refractivity contribution in [1.29, 1.82) is 0 Å². The van der Waals surface area contributed by atoms with Crippen LogP contribution in [-0.4, -0.2) is 26.3 Å². The molecule has 1 aliphatic heterocycles. The molecule has 0 atom stereocenters. The monoisotopic (exact) mass is 402 g/mol. The summed E-state index contributed by atoms with van der Waals surface area (Å²) in [5.41, 5.74) is 3.46. The van der Waals surface area contributed by atoms with Gasteiger partial charge in [0.25, 0.3) is 11.6 Å². The van der Waals surface area contributed by atoms with Crippen LogP contribution in [0.2, 0.25) is 0 Å². The number of imide groups is 1. The molecule has 3 aromatic rings. The predicted octanol–water partition coefficient (Wildman–Crippen LogP) is 3.79. The summed E-state index contributed by atoms with van der Waals surface area (Å²) in [4.78, 5) is 36.5. The smallest absolute Gasteiger partial charge is 0.314 e. The Bertz CT molecular complexity index is 1160. The van der Waals surface area contributed by atoms with Crippen LogP contribution in [0, 0.1) is 17.0 Å². The third-order valence-electron chi connectivity index (χ3n) is 4.86. The number of carbonyl (C=O) groups excluding carboxylic acids is 2. The number of nitrogens with zero attached hydrogens (tertiary/aromatic N) is 3. The molecular formula is C22H18N4O4. The first-order chi connectivity index (χ1) is 14.4. The minimum atomic E-state index is -0.529. The summed E-state index contributed by atoms with van der Waals surface area (Å²) in [6.07, 6.45) is 1.65. The van der Waals surface area contributed by atoms with E-state index in [1.54, 1.807) is 6.08 Å². The van der Waals surface area contributed by atoms with Crippen LogP contribution in [0.25, 0.3) is 11.8 Å². The molecule has 150 valence electrons. The van der Waals surface area contributed by atoms with Gasteiger partial charge in [0, 0.05) is 29.2 Å². The Balaban J connectivity index is 1.59. The number of urea groups is 1. The van der Waals surface area contributed by atoms with E-state index < -0.39 is 16.9 Å². The average Bonchev–Trinajstić information content (AvgIpc) is 3.23. The number of hydrogen-bond acceptors (Lipinski definition) is 4. The number of benzene rings is 2. The fourth-order valence-corrected chi connectivity index (χ4v) is 3.37. The van der Waals surface area contributed by atoms with Gasteiger partial charge in [-0.15, -0.1) is 0 Å². The third kappa shape index (κ3) is 3.58. The number of nitro benzene ring substituents is 1. The SMILES string of the molecule is Cc1ccc(/C=C2\NC(=O)N(Cc3ccc([N+](=O)[O-])cc3)C2=O)n1-c1ccccc1. The summed E-state index contributed by atoms with van der Waals surface area (Å²) in [6.45, 7) is 1.99. The van der Waals surface area contributed by atoms with Crippen molar-refractivity contribution in [3.8, 4) is 5.69 Å². The van der Waals surface area contributed by atoms with E-state index in [1.807, 2.05) is 54.0 Å². The van der Waals surface area contributed by atoms with Crippen LogP contribution in [0.15, 0.2) is 72.4 Å². The van der Waals surface area contributed by atoms with E-state index in [1.165, 1.54) is 24.3 Å². The minimum Gasteiger partial charge on any atom is -0.314 e. The van der Waals surface area contributed by atoms with Crippen molar-refractivity contribution >= 4 is 23.7 Å². The van der Waals surface area contributed by atoms with Crippen molar-refractivity contribution in [2.75, 3.05) is 0 Å².